The molecule has 2 N–H and O–H groups in total. The molecule has 2 aromatic carbocycles. The van der Waals surface area contributed by atoms with Gasteiger partial charge in [-0.3, -0.25) is 9.78 Å². The molecule has 0 saturated carbocycles. The van der Waals surface area contributed by atoms with E-state index in [9.17, 15) is 4.79 Å². The highest BCUT2D eigenvalue weighted by Crippen LogP contribution is 2.25. The second-order valence-corrected chi connectivity index (χ2v) is 6.63. The number of carbonyl (C=O) groups is 1. The highest BCUT2D eigenvalue weighted by Gasteiger charge is 2.11. The van der Waals surface area contributed by atoms with E-state index in [1.165, 1.54) is 11.8 Å². The van der Waals surface area contributed by atoms with Gasteiger partial charge in [0.25, 0.3) is 5.91 Å². The molecule has 0 atom stereocenters. The second-order valence-electron chi connectivity index (χ2n) is 6.63. The number of benzene rings is 2. The summed E-state index contributed by atoms with van der Waals surface area (Å²) in [5.74, 6) is 0.172. The number of carbonyl (C=O) groups excluding carboxylic acids is 1. The molecule has 0 radical (unpaired) electrons. The fourth-order valence-corrected chi connectivity index (χ4v) is 2.86. The summed E-state index contributed by atoms with van der Waals surface area (Å²) in [6.45, 7) is 4.07. The van der Waals surface area contributed by atoms with Gasteiger partial charge in [-0.25, -0.2) is 0 Å². The zero-order valence-electron chi connectivity index (χ0n) is 16.0. The Bertz CT molecular complexity index is 1140. The zero-order chi connectivity index (χ0) is 20.2. The van der Waals surface area contributed by atoms with Gasteiger partial charge in [0, 0.05) is 29.3 Å². The molecule has 0 aliphatic heterocycles. The van der Waals surface area contributed by atoms with Crippen molar-refractivity contribution in [2.75, 3.05) is 10.6 Å². The summed E-state index contributed by atoms with van der Waals surface area (Å²) in [4.78, 5) is 16.1. The van der Waals surface area contributed by atoms with E-state index in [-0.39, 0.29) is 5.91 Å². The lowest BCUT2D eigenvalue weighted by Gasteiger charge is -2.06. The van der Waals surface area contributed by atoms with E-state index in [2.05, 4.69) is 31.9 Å². The number of hydrogen-bond donors (Lipinski definition) is 2. The third kappa shape index (κ3) is 4.30. The predicted octanol–water partition coefficient (Wildman–Crippen LogP) is 4.74. The van der Waals surface area contributed by atoms with Crippen LogP contribution in [0.5, 0.6) is 0 Å². The van der Waals surface area contributed by atoms with Crippen LogP contribution in [0.3, 0.4) is 0 Å². The van der Waals surface area contributed by atoms with Crippen LogP contribution in [0.25, 0.3) is 11.5 Å². The Morgan fingerprint density at radius 3 is 2.55 bits per heavy atom. The average Bonchev–Trinajstić information content (AvgIpc) is 3.20. The number of hydrogen-bond acceptors (Lipinski definition) is 6. The molecular weight excluding hydrogens is 366 g/mol. The summed E-state index contributed by atoms with van der Waals surface area (Å²) in [6.07, 6.45) is 3.14. The first-order valence-electron chi connectivity index (χ1n) is 9.08. The summed E-state index contributed by atoms with van der Waals surface area (Å²) >= 11 is 0. The molecule has 4 aromatic rings. The maximum absolute atomic E-state index is 12.2. The Hall–Kier alpha value is -4.00. The third-order valence-corrected chi connectivity index (χ3v) is 4.36. The Balaban J connectivity index is 1.45. The van der Waals surface area contributed by atoms with Crippen LogP contribution in [0.2, 0.25) is 0 Å². The molecule has 29 heavy (non-hydrogen) atoms. The molecule has 0 fully saturated rings. The fourth-order valence-electron chi connectivity index (χ4n) is 2.86. The van der Waals surface area contributed by atoms with E-state index in [0.717, 1.165) is 16.8 Å². The number of nitrogens with zero attached hydrogens (tertiary/aromatic N) is 3. The average molecular weight is 385 g/mol. The molecule has 0 saturated heterocycles. The number of rotatable bonds is 5. The van der Waals surface area contributed by atoms with Crippen LogP contribution in [0.1, 0.15) is 21.5 Å². The lowest BCUT2D eigenvalue weighted by atomic mass is 10.1. The first kappa shape index (κ1) is 18.4. The van der Waals surface area contributed by atoms with E-state index in [4.69, 9.17) is 4.42 Å². The van der Waals surface area contributed by atoms with Crippen LogP contribution in [-0.4, -0.2) is 21.1 Å². The van der Waals surface area contributed by atoms with Crippen molar-refractivity contribution in [1.29, 1.82) is 0 Å². The minimum Gasteiger partial charge on any atom is -0.403 e. The molecule has 0 spiro atoms. The lowest BCUT2D eigenvalue weighted by Crippen LogP contribution is -2.11. The maximum atomic E-state index is 12.2. The Labute approximate surface area is 167 Å². The van der Waals surface area contributed by atoms with Crippen LogP contribution in [0.15, 0.2) is 71.4 Å². The minimum absolute atomic E-state index is 0.219. The van der Waals surface area contributed by atoms with Gasteiger partial charge in [-0.2, -0.15) is 0 Å². The van der Waals surface area contributed by atoms with Crippen molar-refractivity contribution < 1.29 is 9.21 Å². The van der Waals surface area contributed by atoms with Gasteiger partial charge in [0.1, 0.15) is 0 Å². The van der Waals surface area contributed by atoms with Gasteiger partial charge in [0.15, 0.2) is 0 Å². The molecular formula is C22H19N5O2. The van der Waals surface area contributed by atoms with Gasteiger partial charge in [0.2, 0.25) is 5.89 Å². The van der Waals surface area contributed by atoms with Gasteiger partial charge in [0.05, 0.1) is 5.56 Å². The number of amides is 1. The van der Waals surface area contributed by atoms with E-state index < -0.39 is 0 Å². The van der Waals surface area contributed by atoms with E-state index in [1.54, 1.807) is 30.5 Å². The van der Waals surface area contributed by atoms with Gasteiger partial charge >= 0.3 is 6.01 Å². The number of anilines is 3. The molecule has 2 aromatic heterocycles. The smallest absolute Gasteiger partial charge is 0.320 e. The maximum Gasteiger partial charge on any atom is 0.320 e. The van der Waals surface area contributed by atoms with Crippen molar-refractivity contribution in [2.45, 2.75) is 13.8 Å². The number of nitrogens with one attached hydrogen (secondary N) is 2. The lowest BCUT2D eigenvalue weighted by molar-refractivity contribution is 0.102. The van der Waals surface area contributed by atoms with Crippen molar-refractivity contribution >= 4 is 23.3 Å². The highest BCUT2D eigenvalue weighted by atomic mass is 16.4. The summed E-state index contributed by atoms with van der Waals surface area (Å²) in [5, 5.41) is 14.1. The van der Waals surface area contributed by atoms with E-state index in [0.29, 0.717) is 23.2 Å². The quantitative estimate of drug-likeness (QED) is 0.515. The molecule has 0 aliphatic carbocycles. The number of aryl methyl sites for hydroxylation is 2. The molecule has 0 unspecified atom stereocenters. The minimum atomic E-state index is -0.219. The Kier molecular flexibility index (Phi) is 5.03. The fraction of sp³-hybridized carbons (Fsp3) is 0.0909. The van der Waals surface area contributed by atoms with Crippen LogP contribution < -0.4 is 10.6 Å². The molecule has 4 rings (SSSR count). The van der Waals surface area contributed by atoms with Crippen LogP contribution >= 0.6 is 0 Å². The standard InChI is InChI=1S/C22H19N5O2/c1-14-5-10-19(15(2)12-14)25-22-27-26-21(29-22)16-6-8-18(9-7-16)24-20(28)17-4-3-11-23-13-17/h3-13H,1-2H3,(H,24,28)(H,25,27). The number of aromatic nitrogens is 3. The molecule has 0 aliphatic rings. The van der Waals surface area contributed by atoms with Gasteiger partial charge in [-0.1, -0.05) is 22.8 Å². The van der Waals surface area contributed by atoms with E-state index >= 15 is 0 Å². The van der Waals surface area contributed by atoms with Crippen molar-refractivity contribution in [3.05, 3.63) is 83.7 Å². The molecule has 2 heterocycles. The van der Waals surface area contributed by atoms with Gasteiger partial charge < -0.3 is 15.1 Å². The van der Waals surface area contributed by atoms with Crippen LogP contribution in [0, 0.1) is 13.8 Å². The third-order valence-electron chi connectivity index (χ3n) is 4.36. The van der Waals surface area contributed by atoms with Crippen molar-refractivity contribution in [3.63, 3.8) is 0 Å². The van der Waals surface area contributed by atoms with E-state index in [1.807, 2.05) is 38.1 Å². The summed E-state index contributed by atoms with van der Waals surface area (Å²) in [6, 6.07) is 17.0. The topological polar surface area (TPSA) is 92.9 Å². The zero-order valence-corrected chi connectivity index (χ0v) is 16.0. The summed E-state index contributed by atoms with van der Waals surface area (Å²) in [7, 11) is 0. The first-order valence-corrected chi connectivity index (χ1v) is 9.08. The highest BCUT2D eigenvalue weighted by molar-refractivity contribution is 6.04. The molecule has 7 heteroatoms. The Morgan fingerprint density at radius 2 is 1.83 bits per heavy atom. The molecule has 144 valence electrons. The normalized spacial score (nSPS) is 10.6. The molecule has 1 amide bonds. The first-order chi connectivity index (χ1) is 14.1. The van der Waals surface area contributed by atoms with Crippen molar-refractivity contribution in [3.8, 4) is 11.5 Å². The SMILES string of the molecule is Cc1ccc(Nc2nnc(-c3ccc(NC(=O)c4cccnc4)cc3)o2)c(C)c1. The van der Waals surface area contributed by atoms with Crippen molar-refractivity contribution in [2.24, 2.45) is 0 Å². The Morgan fingerprint density at radius 1 is 1.00 bits per heavy atom. The van der Waals surface area contributed by atoms with Gasteiger partial charge in [-0.15, -0.1) is 5.10 Å². The largest absolute Gasteiger partial charge is 0.403 e. The second kappa shape index (κ2) is 7.93. The van der Waals surface area contributed by atoms with Crippen LogP contribution in [0.4, 0.5) is 17.4 Å². The summed E-state index contributed by atoms with van der Waals surface area (Å²) in [5.41, 5.74) is 5.12. The predicted molar refractivity (Wildman–Crippen MR) is 111 cm³/mol. The number of pyridine rings is 1. The molecule has 0 bridgehead atoms. The van der Waals surface area contributed by atoms with Crippen LogP contribution in [-0.2, 0) is 0 Å². The van der Waals surface area contributed by atoms with Gasteiger partial charge in [-0.05, 0) is 61.9 Å². The summed E-state index contributed by atoms with van der Waals surface area (Å²) < 4.78 is 5.72. The molecule has 7 nitrogen and oxygen atoms in total. The van der Waals surface area contributed by atoms with Crippen molar-refractivity contribution in [1.82, 2.24) is 15.2 Å². The monoisotopic (exact) mass is 385 g/mol.